The molecule has 0 unspecified atom stereocenters. The first-order valence-electron chi connectivity index (χ1n) is 7.32. The molecule has 0 atom stereocenters. The summed E-state index contributed by atoms with van der Waals surface area (Å²) in [6, 6.07) is 8.95. The minimum atomic E-state index is -3.60. The Balaban J connectivity index is 1.86. The molecule has 0 spiro atoms. The fourth-order valence-corrected chi connectivity index (χ4v) is 5.21. The van der Waals surface area contributed by atoms with Gasteiger partial charge >= 0.3 is 0 Å². The number of thiophene rings is 1. The van der Waals surface area contributed by atoms with Gasteiger partial charge in [0.15, 0.2) is 0 Å². The van der Waals surface area contributed by atoms with Crippen LogP contribution in [0.1, 0.15) is 22.9 Å². The second-order valence-corrected chi connectivity index (χ2v) is 8.73. The molecule has 1 amide bonds. The Labute approximate surface area is 140 Å². The van der Waals surface area contributed by atoms with Crippen LogP contribution in [0, 0.1) is 6.92 Å². The highest BCUT2D eigenvalue weighted by atomic mass is 32.2. The van der Waals surface area contributed by atoms with Gasteiger partial charge in [-0.05, 0) is 42.7 Å². The van der Waals surface area contributed by atoms with E-state index in [2.05, 4.69) is 4.72 Å². The van der Waals surface area contributed by atoms with Crippen LogP contribution in [0.15, 0.2) is 34.5 Å². The number of nitrogens with zero attached hydrogens (tertiary/aromatic N) is 1. The van der Waals surface area contributed by atoms with Crippen molar-refractivity contribution in [3.63, 3.8) is 0 Å². The first-order valence-corrected chi connectivity index (χ1v) is 9.62. The zero-order valence-corrected chi connectivity index (χ0v) is 14.6. The Bertz CT molecular complexity index is 856. The largest absolute Gasteiger partial charge is 0.338 e. The van der Waals surface area contributed by atoms with Crippen molar-refractivity contribution in [3.05, 3.63) is 46.3 Å². The number of hydrogen-bond donors (Lipinski definition) is 1. The Morgan fingerprint density at radius 3 is 2.78 bits per heavy atom. The molecule has 0 bridgehead atoms. The fraction of sp³-hybridized carbons (Fsp3) is 0.312. The standard InChI is InChI=1S/C16H18N2O3S2/c1-11-4-3-5-14(8-11)17-23(20,21)16-9-13-10-18(12(2)19)7-6-15(13)22-16/h3-5,8-9,17H,6-7,10H2,1-2H3. The van der Waals surface area contributed by atoms with Crippen molar-refractivity contribution in [2.45, 2.75) is 31.0 Å². The number of carbonyl (C=O) groups excluding carboxylic acids is 1. The molecule has 1 aromatic carbocycles. The van der Waals surface area contributed by atoms with Crippen LogP contribution in [0.5, 0.6) is 0 Å². The van der Waals surface area contributed by atoms with Gasteiger partial charge in [0, 0.05) is 30.6 Å². The SMILES string of the molecule is CC(=O)N1CCc2sc(S(=O)(=O)Nc3cccc(C)c3)cc2C1. The number of carbonyl (C=O) groups is 1. The number of nitrogens with one attached hydrogen (secondary N) is 1. The smallest absolute Gasteiger partial charge is 0.271 e. The Hall–Kier alpha value is -1.86. The van der Waals surface area contributed by atoms with E-state index in [-0.39, 0.29) is 5.91 Å². The van der Waals surface area contributed by atoms with E-state index in [4.69, 9.17) is 0 Å². The Morgan fingerprint density at radius 2 is 2.09 bits per heavy atom. The van der Waals surface area contributed by atoms with Crippen molar-refractivity contribution in [2.75, 3.05) is 11.3 Å². The predicted molar refractivity (Wildman–Crippen MR) is 91.1 cm³/mol. The molecule has 1 N–H and O–H groups in total. The molecule has 0 saturated heterocycles. The second-order valence-electron chi connectivity index (χ2n) is 5.68. The first kappa shape index (κ1) is 16.0. The molecule has 0 fully saturated rings. The van der Waals surface area contributed by atoms with E-state index in [0.29, 0.717) is 29.4 Å². The van der Waals surface area contributed by atoms with Gasteiger partial charge in [-0.25, -0.2) is 8.42 Å². The van der Waals surface area contributed by atoms with E-state index < -0.39 is 10.0 Å². The molecule has 7 heteroatoms. The summed E-state index contributed by atoms with van der Waals surface area (Å²) in [5.74, 6) is 0.0177. The number of anilines is 1. The highest BCUT2D eigenvalue weighted by Crippen LogP contribution is 2.32. The van der Waals surface area contributed by atoms with Gasteiger partial charge in [-0.3, -0.25) is 9.52 Å². The van der Waals surface area contributed by atoms with Gasteiger partial charge < -0.3 is 4.90 Å². The van der Waals surface area contributed by atoms with Crippen LogP contribution in [-0.2, 0) is 27.8 Å². The average molecular weight is 350 g/mol. The van der Waals surface area contributed by atoms with E-state index in [0.717, 1.165) is 16.0 Å². The summed E-state index contributed by atoms with van der Waals surface area (Å²) in [6.07, 6.45) is 0.708. The molecular weight excluding hydrogens is 332 g/mol. The fourth-order valence-electron chi connectivity index (χ4n) is 2.62. The summed E-state index contributed by atoms with van der Waals surface area (Å²) in [6.45, 7) is 4.58. The highest BCUT2D eigenvalue weighted by Gasteiger charge is 2.25. The quantitative estimate of drug-likeness (QED) is 0.926. The topological polar surface area (TPSA) is 66.5 Å². The van der Waals surface area contributed by atoms with E-state index in [1.807, 2.05) is 19.1 Å². The summed E-state index contributed by atoms with van der Waals surface area (Å²) in [4.78, 5) is 14.3. The van der Waals surface area contributed by atoms with Crippen LogP contribution in [0.4, 0.5) is 5.69 Å². The van der Waals surface area contributed by atoms with Crippen LogP contribution in [0.2, 0.25) is 0 Å². The van der Waals surface area contributed by atoms with Crippen LogP contribution in [-0.4, -0.2) is 25.8 Å². The van der Waals surface area contributed by atoms with Gasteiger partial charge in [-0.2, -0.15) is 0 Å². The lowest BCUT2D eigenvalue weighted by molar-refractivity contribution is -0.129. The normalized spacial score (nSPS) is 14.4. The summed E-state index contributed by atoms with van der Waals surface area (Å²) in [5.41, 5.74) is 2.48. The number of fused-ring (bicyclic) bond motifs is 1. The highest BCUT2D eigenvalue weighted by molar-refractivity contribution is 7.94. The van der Waals surface area contributed by atoms with E-state index in [1.165, 1.54) is 18.3 Å². The van der Waals surface area contributed by atoms with Crippen LogP contribution >= 0.6 is 11.3 Å². The van der Waals surface area contributed by atoms with Gasteiger partial charge in [0.05, 0.1) is 0 Å². The third kappa shape index (κ3) is 3.40. The number of rotatable bonds is 3. The molecule has 2 aromatic rings. The maximum absolute atomic E-state index is 12.6. The Morgan fingerprint density at radius 1 is 1.30 bits per heavy atom. The second kappa shape index (κ2) is 5.98. The lowest BCUT2D eigenvalue weighted by Gasteiger charge is -2.25. The molecule has 0 aliphatic carbocycles. The van der Waals surface area contributed by atoms with Gasteiger partial charge in [0.1, 0.15) is 4.21 Å². The third-order valence-corrected chi connectivity index (χ3v) is 6.92. The van der Waals surface area contributed by atoms with Crippen LogP contribution in [0.3, 0.4) is 0 Å². The number of hydrogen-bond acceptors (Lipinski definition) is 4. The van der Waals surface area contributed by atoms with Crippen molar-refractivity contribution in [1.29, 1.82) is 0 Å². The van der Waals surface area contributed by atoms with Crippen molar-refractivity contribution in [2.24, 2.45) is 0 Å². The van der Waals surface area contributed by atoms with Gasteiger partial charge in [0.2, 0.25) is 5.91 Å². The van der Waals surface area contributed by atoms with Crippen LogP contribution in [0.25, 0.3) is 0 Å². The Kier molecular flexibility index (Phi) is 4.16. The number of amides is 1. The maximum Gasteiger partial charge on any atom is 0.271 e. The van der Waals surface area contributed by atoms with Gasteiger partial charge in [0.25, 0.3) is 10.0 Å². The molecule has 122 valence electrons. The van der Waals surface area contributed by atoms with E-state index >= 15 is 0 Å². The summed E-state index contributed by atoms with van der Waals surface area (Å²) < 4.78 is 28.1. The zero-order valence-electron chi connectivity index (χ0n) is 13.0. The van der Waals surface area contributed by atoms with Gasteiger partial charge in [-0.15, -0.1) is 11.3 Å². The summed E-state index contributed by atoms with van der Waals surface area (Å²) in [5, 5.41) is 0. The first-order chi connectivity index (χ1) is 10.8. The van der Waals surface area contributed by atoms with E-state index in [1.54, 1.807) is 23.1 Å². The monoisotopic (exact) mass is 350 g/mol. The number of aryl methyl sites for hydroxylation is 1. The maximum atomic E-state index is 12.6. The molecule has 3 rings (SSSR count). The number of sulfonamides is 1. The zero-order chi connectivity index (χ0) is 16.6. The molecule has 0 saturated carbocycles. The van der Waals surface area contributed by atoms with Gasteiger partial charge in [-0.1, -0.05) is 12.1 Å². The van der Waals surface area contributed by atoms with Crippen molar-refractivity contribution in [1.82, 2.24) is 4.90 Å². The minimum absolute atomic E-state index is 0.0177. The van der Waals surface area contributed by atoms with Crippen molar-refractivity contribution < 1.29 is 13.2 Å². The minimum Gasteiger partial charge on any atom is -0.338 e. The summed E-state index contributed by atoms with van der Waals surface area (Å²) in [7, 11) is -3.60. The van der Waals surface area contributed by atoms with Crippen molar-refractivity contribution >= 4 is 33.0 Å². The molecule has 1 aliphatic heterocycles. The summed E-state index contributed by atoms with van der Waals surface area (Å²) >= 11 is 1.29. The molecule has 0 radical (unpaired) electrons. The molecule has 1 aliphatic rings. The van der Waals surface area contributed by atoms with Crippen LogP contribution < -0.4 is 4.72 Å². The van der Waals surface area contributed by atoms with E-state index in [9.17, 15) is 13.2 Å². The lowest BCUT2D eigenvalue weighted by atomic mass is 10.1. The molecule has 5 nitrogen and oxygen atoms in total. The molecule has 23 heavy (non-hydrogen) atoms. The lowest BCUT2D eigenvalue weighted by Crippen LogP contribution is -2.33. The molecule has 1 aromatic heterocycles. The molecule has 2 heterocycles. The van der Waals surface area contributed by atoms with Crippen molar-refractivity contribution in [3.8, 4) is 0 Å². The third-order valence-electron chi connectivity index (χ3n) is 3.82. The number of benzene rings is 1. The predicted octanol–water partition coefficient (Wildman–Crippen LogP) is 2.76. The average Bonchev–Trinajstić information content (AvgIpc) is 2.90. The molecular formula is C16H18N2O3S2.